The lowest BCUT2D eigenvalue weighted by Gasteiger charge is -2.10. The van der Waals surface area contributed by atoms with E-state index in [0.717, 1.165) is 22.6 Å². The summed E-state index contributed by atoms with van der Waals surface area (Å²) in [7, 11) is 3.24. The summed E-state index contributed by atoms with van der Waals surface area (Å²) in [4.78, 5) is 0. The molecule has 5 heteroatoms. The van der Waals surface area contributed by atoms with Crippen LogP contribution in [0.5, 0.6) is 23.0 Å². The van der Waals surface area contributed by atoms with E-state index in [0.29, 0.717) is 24.7 Å². The van der Waals surface area contributed by atoms with Crippen molar-refractivity contribution in [3.8, 4) is 23.0 Å². The van der Waals surface area contributed by atoms with Crippen molar-refractivity contribution >= 4 is 0 Å². The molecule has 0 unspecified atom stereocenters. The van der Waals surface area contributed by atoms with Gasteiger partial charge in [0.25, 0.3) is 0 Å². The lowest BCUT2D eigenvalue weighted by molar-refractivity contribution is 0.107. The van der Waals surface area contributed by atoms with E-state index in [1.165, 1.54) is 0 Å². The lowest BCUT2D eigenvalue weighted by Crippen LogP contribution is -1.96. The Labute approximate surface area is 129 Å². The molecule has 0 saturated carbocycles. The number of hydrogen-bond acceptors (Lipinski definition) is 5. The zero-order valence-corrected chi connectivity index (χ0v) is 12.6. The molecule has 0 aliphatic carbocycles. The van der Waals surface area contributed by atoms with Gasteiger partial charge in [0.15, 0.2) is 23.0 Å². The van der Waals surface area contributed by atoms with Gasteiger partial charge in [0.1, 0.15) is 0 Å². The average Bonchev–Trinajstić information content (AvgIpc) is 3.02. The SMILES string of the molecule is COc1ccc(COCc2ccc3c(c2)OCO3)cc1OC. The molecule has 0 radical (unpaired) electrons. The second-order valence-electron chi connectivity index (χ2n) is 4.87. The maximum absolute atomic E-state index is 5.75. The Balaban J connectivity index is 1.59. The Hall–Kier alpha value is -2.40. The normalized spacial score (nSPS) is 12.3. The molecular formula is C17H18O5. The smallest absolute Gasteiger partial charge is 0.231 e. The zero-order valence-electron chi connectivity index (χ0n) is 12.6. The number of ether oxygens (including phenoxy) is 5. The Morgan fingerprint density at radius 1 is 0.818 bits per heavy atom. The van der Waals surface area contributed by atoms with Crippen LogP contribution in [0.1, 0.15) is 11.1 Å². The van der Waals surface area contributed by atoms with Crippen LogP contribution in [-0.4, -0.2) is 21.0 Å². The lowest BCUT2D eigenvalue weighted by atomic mass is 10.2. The quantitative estimate of drug-likeness (QED) is 0.820. The fourth-order valence-corrected chi connectivity index (χ4v) is 2.29. The van der Waals surface area contributed by atoms with Crippen LogP contribution >= 0.6 is 0 Å². The predicted molar refractivity (Wildman–Crippen MR) is 80.6 cm³/mol. The van der Waals surface area contributed by atoms with Gasteiger partial charge in [-0.05, 0) is 35.4 Å². The Morgan fingerprint density at radius 2 is 1.50 bits per heavy atom. The van der Waals surface area contributed by atoms with E-state index in [1.807, 2.05) is 36.4 Å². The second-order valence-corrected chi connectivity index (χ2v) is 4.87. The van der Waals surface area contributed by atoms with Crippen molar-refractivity contribution in [3.05, 3.63) is 47.5 Å². The second kappa shape index (κ2) is 6.58. The molecule has 1 aliphatic heterocycles. The van der Waals surface area contributed by atoms with Crippen molar-refractivity contribution in [3.63, 3.8) is 0 Å². The van der Waals surface area contributed by atoms with Gasteiger partial charge >= 0.3 is 0 Å². The van der Waals surface area contributed by atoms with E-state index < -0.39 is 0 Å². The minimum absolute atomic E-state index is 0.283. The molecule has 0 aromatic heterocycles. The van der Waals surface area contributed by atoms with Crippen LogP contribution in [0.3, 0.4) is 0 Å². The third kappa shape index (κ3) is 3.09. The van der Waals surface area contributed by atoms with Crippen LogP contribution in [-0.2, 0) is 18.0 Å². The van der Waals surface area contributed by atoms with Gasteiger partial charge in [-0.2, -0.15) is 0 Å². The number of fused-ring (bicyclic) bond motifs is 1. The third-order valence-electron chi connectivity index (χ3n) is 3.42. The minimum Gasteiger partial charge on any atom is -0.493 e. The standard InChI is InChI=1S/C17H18O5/c1-18-14-5-3-12(7-16(14)19-2)9-20-10-13-4-6-15-17(8-13)22-11-21-15/h3-8H,9-11H2,1-2H3. The molecule has 5 nitrogen and oxygen atoms in total. The van der Waals surface area contributed by atoms with Gasteiger partial charge in [0.05, 0.1) is 27.4 Å². The highest BCUT2D eigenvalue weighted by atomic mass is 16.7. The van der Waals surface area contributed by atoms with Crippen molar-refractivity contribution in [2.24, 2.45) is 0 Å². The fourth-order valence-electron chi connectivity index (χ4n) is 2.29. The first-order valence-corrected chi connectivity index (χ1v) is 6.97. The van der Waals surface area contributed by atoms with E-state index in [-0.39, 0.29) is 6.79 Å². The number of methoxy groups -OCH3 is 2. The van der Waals surface area contributed by atoms with Gasteiger partial charge in [0, 0.05) is 0 Å². The van der Waals surface area contributed by atoms with Gasteiger partial charge in [-0.25, -0.2) is 0 Å². The molecule has 0 amide bonds. The van der Waals surface area contributed by atoms with Crippen molar-refractivity contribution < 1.29 is 23.7 Å². The summed E-state index contributed by atoms with van der Waals surface area (Å²) < 4.78 is 26.9. The van der Waals surface area contributed by atoms with E-state index in [4.69, 9.17) is 23.7 Å². The molecule has 0 spiro atoms. The van der Waals surface area contributed by atoms with Crippen molar-refractivity contribution in [1.82, 2.24) is 0 Å². The molecule has 116 valence electrons. The van der Waals surface area contributed by atoms with Crippen molar-refractivity contribution in [1.29, 1.82) is 0 Å². The largest absolute Gasteiger partial charge is 0.493 e. The molecule has 0 N–H and O–H groups in total. The van der Waals surface area contributed by atoms with Gasteiger partial charge in [-0.1, -0.05) is 12.1 Å². The predicted octanol–water partition coefficient (Wildman–Crippen LogP) is 3.15. The molecule has 3 rings (SSSR count). The van der Waals surface area contributed by atoms with E-state index >= 15 is 0 Å². The van der Waals surface area contributed by atoms with Crippen LogP contribution < -0.4 is 18.9 Å². The van der Waals surface area contributed by atoms with Crippen LogP contribution in [0.15, 0.2) is 36.4 Å². The first-order chi connectivity index (χ1) is 10.8. The Bertz CT molecular complexity index is 653. The number of rotatable bonds is 6. The Kier molecular flexibility index (Phi) is 4.34. The van der Waals surface area contributed by atoms with E-state index in [1.54, 1.807) is 14.2 Å². The first kappa shape index (κ1) is 14.5. The monoisotopic (exact) mass is 302 g/mol. The van der Waals surface area contributed by atoms with Gasteiger partial charge in [-0.15, -0.1) is 0 Å². The molecule has 2 aromatic rings. The molecule has 1 aliphatic rings. The average molecular weight is 302 g/mol. The summed E-state index contributed by atoms with van der Waals surface area (Å²) in [5.41, 5.74) is 2.07. The summed E-state index contributed by atoms with van der Waals surface area (Å²) in [6.07, 6.45) is 0. The van der Waals surface area contributed by atoms with Gasteiger partial charge in [-0.3, -0.25) is 0 Å². The summed E-state index contributed by atoms with van der Waals surface area (Å²) in [6, 6.07) is 11.6. The molecule has 1 heterocycles. The maximum Gasteiger partial charge on any atom is 0.231 e. The van der Waals surface area contributed by atoms with Crippen molar-refractivity contribution in [2.75, 3.05) is 21.0 Å². The number of benzene rings is 2. The molecular weight excluding hydrogens is 284 g/mol. The number of hydrogen-bond donors (Lipinski definition) is 0. The first-order valence-electron chi connectivity index (χ1n) is 6.97. The summed E-state index contributed by atoms with van der Waals surface area (Å²) >= 11 is 0. The third-order valence-corrected chi connectivity index (χ3v) is 3.42. The zero-order chi connectivity index (χ0) is 15.4. The van der Waals surface area contributed by atoms with Crippen LogP contribution in [0.4, 0.5) is 0 Å². The highest BCUT2D eigenvalue weighted by Crippen LogP contribution is 2.33. The topological polar surface area (TPSA) is 46.2 Å². The fraction of sp³-hybridized carbons (Fsp3) is 0.294. The van der Waals surface area contributed by atoms with E-state index in [9.17, 15) is 0 Å². The highest BCUT2D eigenvalue weighted by Gasteiger charge is 2.13. The summed E-state index contributed by atoms with van der Waals surface area (Å²) in [5.74, 6) is 2.96. The molecule has 22 heavy (non-hydrogen) atoms. The van der Waals surface area contributed by atoms with Crippen molar-refractivity contribution in [2.45, 2.75) is 13.2 Å². The highest BCUT2D eigenvalue weighted by molar-refractivity contribution is 5.44. The van der Waals surface area contributed by atoms with Gasteiger partial charge in [0.2, 0.25) is 6.79 Å². The minimum atomic E-state index is 0.283. The molecule has 0 atom stereocenters. The summed E-state index contributed by atoms with van der Waals surface area (Å²) in [6.45, 7) is 1.28. The molecule has 2 aromatic carbocycles. The summed E-state index contributed by atoms with van der Waals surface area (Å²) in [5, 5.41) is 0. The van der Waals surface area contributed by atoms with Crippen LogP contribution in [0.2, 0.25) is 0 Å². The van der Waals surface area contributed by atoms with E-state index in [2.05, 4.69) is 0 Å². The molecule has 0 saturated heterocycles. The molecule has 0 bridgehead atoms. The maximum atomic E-state index is 5.75. The molecule has 0 fully saturated rings. The van der Waals surface area contributed by atoms with Crippen LogP contribution in [0, 0.1) is 0 Å². The van der Waals surface area contributed by atoms with Gasteiger partial charge < -0.3 is 23.7 Å². The Morgan fingerprint density at radius 3 is 2.27 bits per heavy atom. The van der Waals surface area contributed by atoms with Crippen LogP contribution in [0.25, 0.3) is 0 Å².